The zero-order valence-electron chi connectivity index (χ0n) is 11.0. The maximum atomic E-state index is 13.2. The molecule has 0 bridgehead atoms. The molecule has 0 heterocycles. The number of anilines is 1. The van der Waals surface area contributed by atoms with Crippen LogP contribution in [0.1, 0.15) is 5.56 Å². The van der Waals surface area contributed by atoms with Gasteiger partial charge in [0.25, 0.3) is 0 Å². The van der Waals surface area contributed by atoms with Gasteiger partial charge in [0, 0.05) is 17.2 Å². The maximum absolute atomic E-state index is 13.2. The number of nitrogens with one attached hydrogen (secondary N) is 1. The SMILES string of the molecule is NC(=O)Nc1cccc(C(F)(F)F)c1-c1ccc(O)cc1O. The van der Waals surface area contributed by atoms with Gasteiger partial charge in [0.05, 0.1) is 11.3 Å². The van der Waals surface area contributed by atoms with Crippen molar-refractivity contribution in [3.63, 3.8) is 0 Å². The zero-order valence-corrected chi connectivity index (χ0v) is 11.0. The molecule has 22 heavy (non-hydrogen) atoms. The molecule has 2 aromatic carbocycles. The first-order valence-corrected chi connectivity index (χ1v) is 5.99. The number of phenolic OH excluding ortho intramolecular Hbond substituents is 2. The van der Waals surface area contributed by atoms with Crippen LogP contribution in [0.15, 0.2) is 36.4 Å². The Morgan fingerprint density at radius 3 is 2.36 bits per heavy atom. The van der Waals surface area contributed by atoms with Crippen molar-refractivity contribution in [2.24, 2.45) is 5.73 Å². The Labute approximate surface area is 122 Å². The van der Waals surface area contributed by atoms with Gasteiger partial charge in [0.1, 0.15) is 11.5 Å². The van der Waals surface area contributed by atoms with E-state index in [2.05, 4.69) is 5.32 Å². The number of rotatable bonds is 2. The number of carbonyl (C=O) groups is 1. The summed E-state index contributed by atoms with van der Waals surface area (Å²) in [6.07, 6.45) is -4.71. The van der Waals surface area contributed by atoms with E-state index in [1.807, 2.05) is 0 Å². The first kappa shape index (κ1) is 15.5. The van der Waals surface area contributed by atoms with Crippen molar-refractivity contribution in [3.8, 4) is 22.6 Å². The van der Waals surface area contributed by atoms with Crippen molar-refractivity contribution < 1.29 is 28.2 Å². The highest BCUT2D eigenvalue weighted by atomic mass is 19.4. The molecule has 0 saturated carbocycles. The summed E-state index contributed by atoms with van der Waals surface area (Å²) in [6.45, 7) is 0. The highest BCUT2D eigenvalue weighted by molar-refractivity contribution is 5.95. The number of urea groups is 1. The first-order valence-electron chi connectivity index (χ1n) is 5.99. The second kappa shape index (κ2) is 5.47. The number of nitrogens with two attached hydrogens (primary N) is 1. The Morgan fingerprint density at radius 2 is 1.82 bits per heavy atom. The molecular weight excluding hydrogens is 301 g/mol. The van der Waals surface area contributed by atoms with Crippen LogP contribution in [-0.2, 0) is 6.18 Å². The fraction of sp³-hybridized carbons (Fsp3) is 0.0714. The van der Waals surface area contributed by atoms with Gasteiger partial charge in [-0.2, -0.15) is 13.2 Å². The molecule has 2 rings (SSSR count). The molecule has 0 aliphatic rings. The monoisotopic (exact) mass is 312 g/mol. The third-order valence-electron chi connectivity index (χ3n) is 2.88. The molecule has 2 amide bonds. The van der Waals surface area contributed by atoms with Gasteiger partial charge in [0.15, 0.2) is 0 Å². The number of hydrogen-bond acceptors (Lipinski definition) is 3. The normalized spacial score (nSPS) is 11.2. The van der Waals surface area contributed by atoms with Gasteiger partial charge in [-0.15, -0.1) is 0 Å². The molecule has 0 aromatic heterocycles. The van der Waals surface area contributed by atoms with Crippen LogP contribution >= 0.6 is 0 Å². The van der Waals surface area contributed by atoms with E-state index >= 15 is 0 Å². The summed E-state index contributed by atoms with van der Waals surface area (Å²) in [5.74, 6) is -0.876. The van der Waals surface area contributed by atoms with Crippen molar-refractivity contribution >= 4 is 11.7 Å². The van der Waals surface area contributed by atoms with E-state index in [1.165, 1.54) is 6.07 Å². The number of alkyl halides is 3. The van der Waals surface area contributed by atoms with Crippen LogP contribution in [0.3, 0.4) is 0 Å². The smallest absolute Gasteiger partial charge is 0.417 e. The summed E-state index contributed by atoms with van der Waals surface area (Å²) in [4.78, 5) is 11.0. The van der Waals surface area contributed by atoms with Crippen LogP contribution in [0.4, 0.5) is 23.7 Å². The van der Waals surface area contributed by atoms with Gasteiger partial charge in [-0.05, 0) is 24.3 Å². The van der Waals surface area contributed by atoms with Gasteiger partial charge in [-0.1, -0.05) is 6.07 Å². The molecule has 0 aliphatic heterocycles. The lowest BCUT2D eigenvalue weighted by Crippen LogP contribution is -2.20. The maximum Gasteiger partial charge on any atom is 0.417 e. The molecule has 0 unspecified atom stereocenters. The molecule has 2 aromatic rings. The molecule has 116 valence electrons. The van der Waals surface area contributed by atoms with Crippen molar-refractivity contribution in [2.45, 2.75) is 6.18 Å². The van der Waals surface area contributed by atoms with Crippen LogP contribution in [0.2, 0.25) is 0 Å². The summed E-state index contributed by atoms with van der Waals surface area (Å²) < 4.78 is 39.6. The number of carbonyl (C=O) groups excluding carboxylic acids is 1. The van der Waals surface area contributed by atoms with E-state index in [-0.39, 0.29) is 17.0 Å². The summed E-state index contributed by atoms with van der Waals surface area (Å²) in [5.41, 5.74) is 3.06. The van der Waals surface area contributed by atoms with Crippen LogP contribution in [0.5, 0.6) is 11.5 Å². The first-order chi connectivity index (χ1) is 10.2. The molecule has 5 nitrogen and oxygen atoms in total. The minimum atomic E-state index is -4.71. The number of aromatic hydroxyl groups is 2. The highest BCUT2D eigenvalue weighted by Crippen LogP contribution is 2.44. The van der Waals surface area contributed by atoms with E-state index in [1.54, 1.807) is 0 Å². The second-order valence-electron chi connectivity index (χ2n) is 4.42. The van der Waals surface area contributed by atoms with Crippen LogP contribution in [0.25, 0.3) is 11.1 Å². The topological polar surface area (TPSA) is 95.6 Å². The third-order valence-corrected chi connectivity index (χ3v) is 2.88. The lowest BCUT2D eigenvalue weighted by Gasteiger charge is -2.18. The van der Waals surface area contributed by atoms with Gasteiger partial charge in [-0.25, -0.2) is 4.79 Å². The minimum Gasteiger partial charge on any atom is -0.508 e. The lowest BCUT2D eigenvalue weighted by molar-refractivity contribution is -0.137. The quantitative estimate of drug-likeness (QED) is 0.685. The number of primary amides is 1. The molecule has 0 radical (unpaired) electrons. The van der Waals surface area contributed by atoms with Crippen molar-refractivity contribution in [1.29, 1.82) is 0 Å². The van der Waals surface area contributed by atoms with Gasteiger partial charge < -0.3 is 21.3 Å². The summed E-state index contributed by atoms with van der Waals surface area (Å²) in [6, 6.07) is 5.23. The third kappa shape index (κ3) is 3.05. The van der Waals surface area contributed by atoms with E-state index < -0.39 is 29.1 Å². The van der Waals surface area contributed by atoms with Crippen molar-refractivity contribution in [3.05, 3.63) is 42.0 Å². The largest absolute Gasteiger partial charge is 0.508 e. The number of phenols is 2. The van der Waals surface area contributed by atoms with Gasteiger partial charge >= 0.3 is 12.2 Å². The second-order valence-corrected chi connectivity index (χ2v) is 4.42. The molecule has 0 atom stereocenters. The van der Waals surface area contributed by atoms with Gasteiger partial charge in [0.2, 0.25) is 0 Å². The number of amides is 2. The molecule has 0 fully saturated rings. The molecule has 5 N–H and O–H groups in total. The van der Waals surface area contributed by atoms with Crippen LogP contribution in [0, 0.1) is 0 Å². The van der Waals surface area contributed by atoms with Gasteiger partial charge in [-0.3, -0.25) is 0 Å². The highest BCUT2D eigenvalue weighted by Gasteiger charge is 2.35. The van der Waals surface area contributed by atoms with E-state index in [9.17, 15) is 28.2 Å². The Bertz CT molecular complexity index is 730. The Hall–Kier alpha value is -2.90. The van der Waals surface area contributed by atoms with Crippen molar-refractivity contribution in [2.75, 3.05) is 5.32 Å². The Morgan fingerprint density at radius 1 is 1.14 bits per heavy atom. The average molecular weight is 312 g/mol. The zero-order chi connectivity index (χ0) is 16.5. The minimum absolute atomic E-state index is 0.200. The summed E-state index contributed by atoms with van der Waals surface area (Å²) in [7, 11) is 0. The van der Waals surface area contributed by atoms with E-state index in [4.69, 9.17) is 5.73 Å². The predicted molar refractivity (Wildman–Crippen MR) is 73.4 cm³/mol. The van der Waals surface area contributed by atoms with Crippen molar-refractivity contribution in [1.82, 2.24) is 0 Å². The van der Waals surface area contributed by atoms with Crippen LogP contribution in [-0.4, -0.2) is 16.2 Å². The lowest BCUT2D eigenvalue weighted by atomic mass is 9.96. The average Bonchev–Trinajstić information content (AvgIpc) is 2.37. The summed E-state index contributed by atoms with van der Waals surface area (Å²) >= 11 is 0. The molecule has 8 heteroatoms. The molecule has 0 aliphatic carbocycles. The standard InChI is InChI=1S/C14H11F3N2O3/c15-14(16,17)9-2-1-3-10(19-13(18)22)12(9)8-5-4-7(20)6-11(8)21/h1-6,20-21H,(H3,18,19,22). The van der Waals surface area contributed by atoms with E-state index in [0.717, 1.165) is 30.3 Å². The molecule has 0 spiro atoms. The molecule has 0 saturated heterocycles. The fourth-order valence-electron chi connectivity index (χ4n) is 2.05. The number of benzene rings is 2. The Balaban J connectivity index is 2.77. The van der Waals surface area contributed by atoms with E-state index in [0.29, 0.717) is 0 Å². The number of hydrogen-bond donors (Lipinski definition) is 4. The number of halogens is 3. The summed E-state index contributed by atoms with van der Waals surface area (Å²) in [5, 5.41) is 21.2. The molecular formula is C14H11F3N2O3. The fourth-order valence-corrected chi connectivity index (χ4v) is 2.05. The Kier molecular flexibility index (Phi) is 3.85. The predicted octanol–water partition coefficient (Wildman–Crippen LogP) is 3.27. The van der Waals surface area contributed by atoms with Crippen LogP contribution < -0.4 is 11.1 Å².